The summed E-state index contributed by atoms with van der Waals surface area (Å²) in [5, 5.41) is 3.41. The molecule has 0 amide bonds. The van der Waals surface area contributed by atoms with Crippen LogP contribution in [0.4, 0.5) is 0 Å². The van der Waals surface area contributed by atoms with Crippen LogP contribution in [0.1, 0.15) is 24.4 Å². The van der Waals surface area contributed by atoms with Gasteiger partial charge in [0, 0.05) is 25.2 Å². The van der Waals surface area contributed by atoms with Gasteiger partial charge in [-0.05, 0) is 32.5 Å². The van der Waals surface area contributed by atoms with E-state index in [4.69, 9.17) is 4.74 Å². The molecule has 0 radical (unpaired) electrons. The van der Waals surface area contributed by atoms with Crippen molar-refractivity contribution in [3.63, 3.8) is 0 Å². The predicted octanol–water partition coefficient (Wildman–Crippen LogP) is 2.06. The Balaban J connectivity index is 1.83. The third kappa shape index (κ3) is 3.55. The third-order valence-corrected chi connectivity index (χ3v) is 3.85. The summed E-state index contributed by atoms with van der Waals surface area (Å²) in [5.41, 5.74) is 1.37. The van der Waals surface area contributed by atoms with E-state index in [0.29, 0.717) is 12.1 Å². The minimum absolute atomic E-state index is 0.441. The predicted molar refractivity (Wildman–Crippen MR) is 74.7 cm³/mol. The molecule has 1 saturated heterocycles. The van der Waals surface area contributed by atoms with Gasteiger partial charge in [-0.2, -0.15) is 0 Å². The standard InChI is InChI=1S/C15H24N2O/c1-16-15(13-6-4-3-5-7-13)8-10-17(2)14-9-11-18-12-14/h3-7,14-16H,8-12H2,1-2H3. The molecule has 0 saturated carbocycles. The molecule has 2 unspecified atom stereocenters. The van der Waals surface area contributed by atoms with Crippen molar-refractivity contribution in [3.05, 3.63) is 35.9 Å². The smallest absolute Gasteiger partial charge is 0.0622 e. The van der Waals surface area contributed by atoms with Gasteiger partial charge >= 0.3 is 0 Å². The summed E-state index contributed by atoms with van der Waals surface area (Å²) in [6.45, 7) is 2.92. The van der Waals surface area contributed by atoms with Crippen LogP contribution in [-0.4, -0.2) is 44.8 Å². The molecule has 18 heavy (non-hydrogen) atoms. The monoisotopic (exact) mass is 248 g/mol. The molecule has 0 spiro atoms. The molecule has 3 heteroatoms. The van der Waals surface area contributed by atoms with Gasteiger partial charge < -0.3 is 15.0 Å². The molecule has 1 aliphatic heterocycles. The largest absolute Gasteiger partial charge is 0.380 e. The molecule has 1 heterocycles. The van der Waals surface area contributed by atoms with Crippen LogP contribution in [0.15, 0.2) is 30.3 Å². The lowest BCUT2D eigenvalue weighted by Gasteiger charge is -2.25. The zero-order valence-corrected chi connectivity index (χ0v) is 11.4. The molecular formula is C15H24N2O. The minimum Gasteiger partial charge on any atom is -0.380 e. The molecule has 1 aliphatic rings. The number of rotatable bonds is 6. The molecule has 100 valence electrons. The van der Waals surface area contributed by atoms with Crippen molar-refractivity contribution in [2.24, 2.45) is 0 Å². The zero-order valence-electron chi connectivity index (χ0n) is 11.4. The number of nitrogens with zero attached hydrogens (tertiary/aromatic N) is 1. The number of ether oxygens (including phenoxy) is 1. The Morgan fingerprint density at radius 1 is 1.39 bits per heavy atom. The Labute approximate surface area is 110 Å². The topological polar surface area (TPSA) is 24.5 Å². The Hall–Kier alpha value is -0.900. The number of hydrogen-bond acceptors (Lipinski definition) is 3. The van der Waals surface area contributed by atoms with Crippen LogP contribution >= 0.6 is 0 Å². The quantitative estimate of drug-likeness (QED) is 0.834. The fourth-order valence-electron chi connectivity index (χ4n) is 2.55. The molecule has 0 aromatic heterocycles. The fourth-order valence-corrected chi connectivity index (χ4v) is 2.55. The molecule has 1 N–H and O–H groups in total. The summed E-state index contributed by atoms with van der Waals surface area (Å²) < 4.78 is 5.44. The van der Waals surface area contributed by atoms with E-state index in [0.717, 1.165) is 26.2 Å². The average molecular weight is 248 g/mol. The zero-order chi connectivity index (χ0) is 12.8. The summed E-state index contributed by atoms with van der Waals surface area (Å²) in [5.74, 6) is 0. The van der Waals surface area contributed by atoms with E-state index in [1.54, 1.807) is 0 Å². The molecule has 1 aromatic carbocycles. The lowest BCUT2D eigenvalue weighted by Crippen LogP contribution is -2.34. The number of hydrogen-bond donors (Lipinski definition) is 1. The maximum Gasteiger partial charge on any atom is 0.0622 e. The normalized spacial score (nSPS) is 21.4. The highest BCUT2D eigenvalue weighted by Crippen LogP contribution is 2.18. The van der Waals surface area contributed by atoms with Gasteiger partial charge in [-0.3, -0.25) is 0 Å². The number of nitrogens with one attached hydrogen (secondary N) is 1. The van der Waals surface area contributed by atoms with Crippen LogP contribution in [0.5, 0.6) is 0 Å². The Morgan fingerprint density at radius 3 is 2.78 bits per heavy atom. The summed E-state index contributed by atoms with van der Waals surface area (Å²) in [6.07, 6.45) is 2.31. The van der Waals surface area contributed by atoms with Crippen molar-refractivity contribution in [1.29, 1.82) is 0 Å². The van der Waals surface area contributed by atoms with Crippen molar-refractivity contribution in [2.75, 3.05) is 33.9 Å². The van der Waals surface area contributed by atoms with Gasteiger partial charge in [-0.1, -0.05) is 30.3 Å². The number of benzene rings is 1. The first-order valence-electron chi connectivity index (χ1n) is 6.81. The SMILES string of the molecule is CNC(CCN(C)C1CCOC1)c1ccccc1. The Morgan fingerprint density at radius 2 is 2.17 bits per heavy atom. The van der Waals surface area contributed by atoms with Crippen LogP contribution in [-0.2, 0) is 4.74 Å². The Kier molecular flexibility index (Phi) is 5.17. The van der Waals surface area contributed by atoms with Crippen molar-refractivity contribution in [1.82, 2.24) is 10.2 Å². The van der Waals surface area contributed by atoms with Gasteiger partial charge in [-0.25, -0.2) is 0 Å². The third-order valence-electron chi connectivity index (χ3n) is 3.85. The van der Waals surface area contributed by atoms with Crippen molar-refractivity contribution in [3.8, 4) is 0 Å². The van der Waals surface area contributed by atoms with Crippen molar-refractivity contribution in [2.45, 2.75) is 24.9 Å². The Bertz CT molecular complexity index is 336. The number of likely N-dealkylation sites (N-methyl/N-ethyl adjacent to an activating group) is 1. The van der Waals surface area contributed by atoms with Crippen LogP contribution < -0.4 is 5.32 Å². The highest BCUT2D eigenvalue weighted by atomic mass is 16.5. The maximum absolute atomic E-state index is 5.44. The lowest BCUT2D eigenvalue weighted by molar-refractivity contribution is 0.157. The first-order chi connectivity index (χ1) is 8.81. The van der Waals surface area contributed by atoms with Gasteiger partial charge in [0.05, 0.1) is 6.61 Å². The molecule has 2 atom stereocenters. The molecule has 1 aromatic rings. The van der Waals surface area contributed by atoms with E-state index in [2.05, 4.69) is 47.6 Å². The molecule has 0 aliphatic carbocycles. The van der Waals surface area contributed by atoms with Crippen LogP contribution in [0.2, 0.25) is 0 Å². The second kappa shape index (κ2) is 6.88. The maximum atomic E-state index is 5.44. The van der Waals surface area contributed by atoms with Gasteiger partial charge in [0.1, 0.15) is 0 Å². The minimum atomic E-state index is 0.441. The first kappa shape index (κ1) is 13.5. The summed E-state index contributed by atoms with van der Waals surface area (Å²) >= 11 is 0. The van der Waals surface area contributed by atoms with E-state index in [1.807, 2.05) is 7.05 Å². The first-order valence-corrected chi connectivity index (χ1v) is 6.81. The van der Waals surface area contributed by atoms with E-state index in [1.165, 1.54) is 12.0 Å². The molecule has 0 bridgehead atoms. The molecule has 2 rings (SSSR count). The van der Waals surface area contributed by atoms with Crippen LogP contribution in [0.3, 0.4) is 0 Å². The van der Waals surface area contributed by atoms with E-state index in [9.17, 15) is 0 Å². The van der Waals surface area contributed by atoms with E-state index >= 15 is 0 Å². The fraction of sp³-hybridized carbons (Fsp3) is 0.600. The van der Waals surface area contributed by atoms with E-state index in [-0.39, 0.29) is 0 Å². The van der Waals surface area contributed by atoms with Crippen LogP contribution in [0.25, 0.3) is 0 Å². The lowest BCUT2D eigenvalue weighted by atomic mass is 10.0. The molecule has 1 fully saturated rings. The second-order valence-corrected chi connectivity index (χ2v) is 5.04. The van der Waals surface area contributed by atoms with E-state index < -0.39 is 0 Å². The van der Waals surface area contributed by atoms with Crippen molar-refractivity contribution >= 4 is 0 Å². The average Bonchev–Trinajstić information content (AvgIpc) is 2.94. The van der Waals surface area contributed by atoms with Gasteiger partial charge in [0.15, 0.2) is 0 Å². The highest BCUT2D eigenvalue weighted by Gasteiger charge is 2.20. The van der Waals surface area contributed by atoms with Gasteiger partial charge in [0.2, 0.25) is 0 Å². The van der Waals surface area contributed by atoms with Crippen LogP contribution in [0, 0.1) is 0 Å². The summed E-state index contributed by atoms with van der Waals surface area (Å²) in [7, 11) is 4.24. The van der Waals surface area contributed by atoms with Gasteiger partial charge in [0.25, 0.3) is 0 Å². The second-order valence-electron chi connectivity index (χ2n) is 5.04. The summed E-state index contributed by atoms with van der Waals surface area (Å²) in [6, 6.07) is 11.7. The highest BCUT2D eigenvalue weighted by molar-refractivity contribution is 5.18. The van der Waals surface area contributed by atoms with Gasteiger partial charge in [-0.15, -0.1) is 0 Å². The summed E-state index contributed by atoms with van der Waals surface area (Å²) in [4.78, 5) is 2.43. The van der Waals surface area contributed by atoms with Crippen molar-refractivity contribution < 1.29 is 4.74 Å². The molecular weight excluding hydrogens is 224 g/mol. The molecule has 3 nitrogen and oxygen atoms in total.